The fraction of sp³-hybridized carbons (Fsp3) is 0.174. The van der Waals surface area contributed by atoms with E-state index in [9.17, 15) is 13.2 Å². The summed E-state index contributed by atoms with van der Waals surface area (Å²) in [6.07, 6.45) is 0.110. The molecule has 0 saturated carbocycles. The summed E-state index contributed by atoms with van der Waals surface area (Å²) in [6, 6.07) is 16.9. The first-order valence-corrected chi connectivity index (χ1v) is 12.0. The van der Waals surface area contributed by atoms with Crippen molar-refractivity contribution in [1.82, 2.24) is 4.72 Å². The van der Waals surface area contributed by atoms with Crippen molar-refractivity contribution in [3.8, 4) is 11.5 Å². The van der Waals surface area contributed by atoms with E-state index in [-0.39, 0.29) is 22.1 Å². The van der Waals surface area contributed by atoms with Crippen molar-refractivity contribution in [2.75, 3.05) is 19.5 Å². The number of hydrogen-bond donors (Lipinski definition) is 2. The van der Waals surface area contributed by atoms with Gasteiger partial charge in [0.1, 0.15) is 22.4 Å². The van der Waals surface area contributed by atoms with E-state index in [4.69, 9.17) is 32.7 Å². The molecule has 0 aliphatic rings. The maximum absolute atomic E-state index is 13.2. The second-order valence-corrected chi connectivity index (χ2v) is 9.52. The van der Waals surface area contributed by atoms with Gasteiger partial charge in [0.05, 0.1) is 19.2 Å². The van der Waals surface area contributed by atoms with Crippen LogP contribution in [0.5, 0.6) is 11.5 Å². The molecule has 0 aliphatic heterocycles. The molecule has 0 aliphatic carbocycles. The van der Waals surface area contributed by atoms with E-state index in [1.54, 1.807) is 24.3 Å². The van der Waals surface area contributed by atoms with Crippen LogP contribution >= 0.6 is 23.2 Å². The molecule has 3 rings (SSSR count). The van der Waals surface area contributed by atoms with E-state index in [2.05, 4.69) is 10.0 Å². The van der Waals surface area contributed by atoms with Crippen LogP contribution in [0, 0.1) is 0 Å². The molecule has 3 aromatic rings. The van der Waals surface area contributed by atoms with Gasteiger partial charge in [-0.3, -0.25) is 4.79 Å². The number of halogens is 2. The molecule has 0 heterocycles. The Balaban J connectivity index is 1.92. The Bertz CT molecular complexity index is 1240. The topological polar surface area (TPSA) is 93.7 Å². The van der Waals surface area contributed by atoms with Crippen LogP contribution in [0.15, 0.2) is 71.6 Å². The molecule has 0 bridgehead atoms. The van der Waals surface area contributed by atoms with E-state index in [0.29, 0.717) is 16.5 Å². The summed E-state index contributed by atoms with van der Waals surface area (Å²) >= 11 is 12.1. The second kappa shape index (κ2) is 10.9. The highest BCUT2D eigenvalue weighted by Gasteiger charge is 2.28. The van der Waals surface area contributed by atoms with Crippen LogP contribution < -0.4 is 19.5 Å². The summed E-state index contributed by atoms with van der Waals surface area (Å²) in [7, 11) is -1.34. The Morgan fingerprint density at radius 3 is 2.24 bits per heavy atom. The number of rotatable bonds is 9. The molecular weight excluding hydrogens is 487 g/mol. The monoisotopic (exact) mass is 508 g/mol. The molecule has 0 saturated heterocycles. The van der Waals surface area contributed by atoms with E-state index >= 15 is 0 Å². The number of benzene rings is 3. The van der Waals surface area contributed by atoms with Crippen molar-refractivity contribution in [2.24, 2.45) is 0 Å². The number of carbonyl (C=O) groups is 1. The lowest BCUT2D eigenvalue weighted by molar-refractivity contribution is -0.117. The molecule has 0 aromatic heterocycles. The fourth-order valence-corrected chi connectivity index (χ4v) is 5.01. The Morgan fingerprint density at radius 1 is 0.939 bits per heavy atom. The summed E-state index contributed by atoms with van der Waals surface area (Å²) in [5.41, 5.74) is 1.16. The van der Waals surface area contributed by atoms with Gasteiger partial charge in [0, 0.05) is 10.7 Å². The molecule has 2 N–H and O–H groups in total. The van der Waals surface area contributed by atoms with Gasteiger partial charge in [0.2, 0.25) is 15.9 Å². The molecule has 3 aromatic carbocycles. The van der Waals surface area contributed by atoms with Crippen molar-refractivity contribution < 1.29 is 22.7 Å². The Kier molecular flexibility index (Phi) is 8.20. The van der Waals surface area contributed by atoms with E-state index in [0.717, 1.165) is 5.56 Å². The Hall–Kier alpha value is -2.78. The summed E-state index contributed by atoms with van der Waals surface area (Å²) in [4.78, 5) is 13.0. The van der Waals surface area contributed by atoms with Crippen molar-refractivity contribution in [2.45, 2.75) is 17.4 Å². The summed E-state index contributed by atoms with van der Waals surface area (Å²) in [5.74, 6) is -0.0124. The molecular formula is C23H22Cl2N2O5S. The van der Waals surface area contributed by atoms with Gasteiger partial charge in [0.15, 0.2) is 0 Å². The second-order valence-electron chi connectivity index (χ2n) is 7.00. The quantitative estimate of drug-likeness (QED) is 0.442. The molecule has 0 unspecified atom stereocenters. The van der Waals surface area contributed by atoms with Crippen LogP contribution in [-0.4, -0.2) is 34.6 Å². The molecule has 0 radical (unpaired) electrons. The summed E-state index contributed by atoms with van der Waals surface area (Å²) in [6.45, 7) is 0. The van der Waals surface area contributed by atoms with E-state index in [1.165, 1.54) is 38.5 Å². The Morgan fingerprint density at radius 2 is 1.61 bits per heavy atom. The summed E-state index contributed by atoms with van der Waals surface area (Å²) < 4.78 is 39.2. The van der Waals surface area contributed by atoms with Gasteiger partial charge < -0.3 is 14.8 Å². The van der Waals surface area contributed by atoms with Gasteiger partial charge in [-0.15, -0.1) is 0 Å². The summed E-state index contributed by atoms with van der Waals surface area (Å²) in [5, 5.41) is 3.23. The molecule has 174 valence electrons. The highest BCUT2D eigenvalue weighted by atomic mass is 35.5. The zero-order valence-electron chi connectivity index (χ0n) is 17.8. The van der Waals surface area contributed by atoms with Crippen LogP contribution in [0.25, 0.3) is 0 Å². The van der Waals surface area contributed by atoms with E-state index < -0.39 is 22.0 Å². The SMILES string of the molecule is COc1ccc(NC(=O)[C@@H](Cc2ccccc2)NS(=O)(=O)c2cc(Cl)ccc2OC)cc1Cl. The number of nitrogens with one attached hydrogen (secondary N) is 2. The van der Waals surface area contributed by atoms with Gasteiger partial charge in [-0.1, -0.05) is 53.5 Å². The van der Waals surface area contributed by atoms with Gasteiger partial charge >= 0.3 is 0 Å². The normalized spacial score (nSPS) is 12.1. The maximum Gasteiger partial charge on any atom is 0.245 e. The minimum absolute atomic E-state index is 0.104. The van der Waals surface area contributed by atoms with Crippen molar-refractivity contribution in [3.05, 3.63) is 82.3 Å². The number of sulfonamides is 1. The maximum atomic E-state index is 13.2. The minimum atomic E-state index is -4.17. The molecule has 0 spiro atoms. The molecule has 1 atom stereocenters. The van der Waals surface area contributed by atoms with Crippen molar-refractivity contribution >= 4 is 44.8 Å². The number of methoxy groups -OCH3 is 2. The van der Waals surface area contributed by atoms with Gasteiger partial charge in [-0.05, 0) is 48.4 Å². The predicted octanol–water partition coefficient (Wildman–Crippen LogP) is 4.54. The molecule has 1 amide bonds. The standard InChI is InChI=1S/C23H22Cl2N2O5S/c1-31-20-11-9-17(14-18(20)25)26-23(28)19(12-15-6-4-3-5-7-15)27-33(29,30)22-13-16(24)8-10-21(22)32-2/h3-11,13-14,19,27H,12H2,1-2H3,(H,26,28)/t19-/m1/s1. The van der Waals surface area contributed by atoms with Crippen LogP contribution in [0.3, 0.4) is 0 Å². The smallest absolute Gasteiger partial charge is 0.245 e. The number of carbonyl (C=O) groups excluding carboxylic acids is 1. The average Bonchev–Trinajstić information content (AvgIpc) is 2.79. The van der Waals surface area contributed by atoms with Gasteiger partial charge in [0.25, 0.3) is 0 Å². The lowest BCUT2D eigenvalue weighted by atomic mass is 10.1. The molecule has 0 fully saturated rings. The van der Waals surface area contributed by atoms with Crippen molar-refractivity contribution in [3.63, 3.8) is 0 Å². The molecule has 7 nitrogen and oxygen atoms in total. The van der Waals surface area contributed by atoms with Crippen molar-refractivity contribution in [1.29, 1.82) is 0 Å². The van der Waals surface area contributed by atoms with Crippen LogP contribution in [0.4, 0.5) is 5.69 Å². The number of amides is 1. The van der Waals surface area contributed by atoms with Gasteiger partial charge in [-0.2, -0.15) is 4.72 Å². The third kappa shape index (κ3) is 6.39. The lowest BCUT2D eigenvalue weighted by Crippen LogP contribution is -2.45. The first kappa shape index (κ1) is 24.9. The fourth-order valence-electron chi connectivity index (χ4n) is 3.12. The van der Waals surface area contributed by atoms with E-state index in [1.807, 2.05) is 18.2 Å². The van der Waals surface area contributed by atoms with Crippen LogP contribution in [0.1, 0.15) is 5.56 Å². The third-order valence-electron chi connectivity index (χ3n) is 4.73. The number of anilines is 1. The minimum Gasteiger partial charge on any atom is -0.495 e. The number of hydrogen-bond acceptors (Lipinski definition) is 5. The van der Waals surface area contributed by atoms with Crippen LogP contribution in [-0.2, 0) is 21.2 Å². The first-order valence-electron chi connectivity index (χ1n) is 9.77. The average molecular weight is 509 g/mol. The van der Waals surface area contributed by atoms with Crippen LogP contribution in [0.2, 0.25) is 10.0 Å². The highest BCUT2D eigenvalue weighted by Crippen LogP contribution is 2.29. The number of ether oxygens (including phenoxy) is 2. The Labute approximate surface area is 202 Å². The largest absolute Gasteiger partial charge is 0.495 e. The zero-order valence-corrected chi connectivity index (χ0v) is 20.2. The third-order valence-corrected chi connectivity index (χ3v) is 6.75. The lowest BCUT2D eigenvalue weighted by Gasteiger charge is -2.20. The first-order chi connectivity index (χ1) is 15.7. The van der Waals surface area contributed by atoms with Gasteiger partial charge in [-0.25, -0.2) is 8.42 Å². The predicted molar refractivity (Wildman–Crippen MR) is 129 cm³/mol. The zero-order chi connectivity index (χ0) is 24.0. The molecule has 10 heteroatoms. The molecule has 33 heavy (non-hydrogen) atoms. The highest BCUT2D eigenvalue weighted by molar-refractivity contribution is 7.89.